The molecule has 0 aliphatic rings. The molecule has 0 aromatic heterocycles. The third-order valence-electron chi connectivity index (χ3n) is 2.85. The van der Waals surface area contributed by atoms with Gasteiger partial charge in [0.15, 0.2) is 5.84 Å². The highest BCUT2D eigenvalue weighted by Crippen LogP contribution is 2.13. The van der Waals surface area contributed by atoms with Crippen LogP contribution in [0.1, 0.15) is 21.5 Å². The van der Waals surface area contributed by atoms with Crippen LogP contribution in [-0.2, 0) is 4.84 Å². The van der Waals surface area contributed by atoms with Gasteiger partial charge >= 0.3 is 5.97 Å². The second-order valence-corrected chi connectivity index (χ2v) is 4.53. The van der Waals surface area contributed by atoms with Gasteiger partial charge in [0.25, 0.3) is 5.69 Å². The second kappa shape index (κ2) is 6.49. The fourth-order valence-electron chi connectivity index (χ4n) is 1.72. The molecular weight excluding hydrogens is 286 g/mol. The number of nitrogens with zero attached hydrogens (tertiary/aromatic N) is 2. The van der Waals surface area contributed by atoms with Gasteiger partial charge in [-0.1, -0.05) is 28.9 Å². The summed E-state index contributed by atoms with van der Waals surface area (Å²) in [6.07, 6.45) is 0. The second-order valence-electron chi connectivity index (χ2n) is 4.53. The first kappa shape index (κ1) is 15.2. The average molecular weight is 299 g/mol. The summed E-state index contributed by atoms with van der Waals surface area (Å²) in [6.45, 7) is 1.90. The van der Waals surface area contributed by atoms with Crippen LogP contribution in [0.5, 0.6) is 0 Å². The zero-order valence-corrected chi connectivity index (χ0v) is 11.7. The van der Waals surface area contributed by atoms with E-state index in [0.717, 1.165) is 5.56 Å². The van der Waals surface area contributed by atoms with Crippen LogP contribution < -0.4 is 5.73 Å². The fraction of sp³-hybridized carbons (Fsp3) is 0.0667. The quantitative estimate of drug-likeness (QED) is 0.306. The number of nitrogens with two attached hydrogens (primary N) is 1. The monoisotopic (exact) mass is 299 g/mol. The Hall–Kier alpha value is -3.22. The van der Waals surface area contributed by atoms with Gasteiger partial charge in [-0.2, -0.15) is 0 Å². The number of amidine groups is 1. The van der Waals surface area contributed by atoms with Crippen molar-refractivity contribution in [1.82, 2.24) is 0 Å². The normalized spacial score (nSPS) is 11.0. The third kappa shape index (κ3) is 3.66. The number of nitro benzene ring substituents is 1. The van der Waals surface area contributed by atoms with E-state index in [1.165, 1.54) is 24.3 Å². The van der Waals surface area contributed by atoms with Crippen LogP contribution in [0, 0.1) is 17.0 Å². The molecule has 0 atom stereocenters. The van der Waals surface area contributed by atoms with Crippen LogP contribution in [0.25, 0.3) is 0 Å². The molecule has 2 aromatic rings. The van der Waals surface area contributed by atoms with Crippen molar-refractivity contribution in [3.8, 4) is 0 Å². The summed E-state index contributed by atoms with van der Waals surface area (Å²) in [5.41, 5.74) is 7.40. The number of hydrogen-bond acceptors (Lipinski definition) is 5. The highest BCUT2D eigenvalue weighted by atomic mass is 16.7. The molecule has 112 valence electrons. The van der Waals surface area contributed by atoms with Crippen molar-refractivity contribution < 1.29 is 14.6 Å². The van der Waals surface area contributed by atoms with Crippen molar-refractivity contribution in [2.24, 2.45) is 10.9 Å². The third-order valence-corrected chi connectivity index (χ3v) is 2.85. The van der Waals surface area contributed by atoms with Crippen molar-refractivity contribution in [3.63, 3.8) is 0 Å². The Morgan fingerprint density at radius 2 is 1.86 bits per heavy atom. The van der Waals surface area contributed by atoms with Crippen molar-refractivity contribution in [3.05, 3.63) is 75.3 Å². The van der Waals surface area contributed by atoms with E-state index in [4.69, 9.17) is 10.6 Å². The zero-order valence-electron chi connectivity index (χ0n) is 11.7. The van der Waals surface area contributed by atoms with E-state index < -0.39 is 10.9 Å². The van der Waals surface area contributed by atoms with E-state index >= 15 is 0 Å². The van der Waals surface area contributed by atoms with Gasteiger partial charge in [0, 0.05) is 17.7 Å². The van der Waals surface area contributed by atoms with E-state index in [2.05, 4.69) is 5.16 Å². The minimum Gasteiger partial charge on any atom is -0.380 e. The van der Waals surface area contributed by atoms with E-state index in [1.807, 2.05) is 19.1 Å². The molecule has 0 aliphatic carbocycles. The van der Waals surface area contributed by atoms with E-state index in [9.17, 15) is 14.9 Å². The number of hydrogen-bond donors (Lipinski definition) is 1. The standard InChI is InChI=1S/C15H13N3O4/c1-10-3-2-4-12(9-10)14(16)17-22-15(19)11-5-7-13(8-6-11)18(20)21/h2-9H,1H3,(H2,16,17). The fourth-order valence-corrected chi connectivity index (χ4v) is 1.72. The summed E-state index contributed by atoms with van der Waals surface area (Å²) in [6, 6.07) is 12.3. The zero-order chi connectivity index (χ0) is 16.1. The van der Waals surface area contributed by atoms with Gasteiger partial charge in [0.1, 0.15) is 0 Å². The number of carbonyl (C=O) groups excluding carboxylic acids is 1. The number of aryl methyl sites for hydroxylation is 1. The summed E-state index contributed by atoms with van der Waals surface area (Å²) < 4.78 is 0. The molecule has 7 nitrogen and oxygen atoms in total. The van der Waals surface area contributed by atoms with Gasteiger partial charge in [-0.05, 0) is 25.1 Å². The van der Waals surface area contributed by atoms with Crippen LogP contribution in [0.3, 0.4) is 0 Å². The molecule has 0 saturated heterocycles. The van der Waals surface area contributed by atoms with Crippen molar-refractivity contribution >= 4 is 17.5 Å². The lowest BCUT2D eigenvalue weighted by atomic mass is 10.1. The number of carbonyl (C=O) groups is 1. The topological polar surface area (TPSA) is 108 Å². The van der Waals surface area contributed by atoms with E-state index in [-0.39, 0.29) is 17.1 Å². The summed E-state index contributed by atoms with van der Waals surface area (Å²) in [5, 5.41) is 14.1. The SMILES string of the molecule is Cc1cccc(/C(N)=N\OC(=O)c2ccc([N+](=O)[O-])cc2)c1. The van der Waals surface area contributed by atoms with Gasteiger partial charge in [-0.25, -0.2) is 4.79 Å². The summed E-state index contributed by atoms with van der Waals surface area (Å²) in [5.74, 6) is -0.676. The molecule has 0 amide bonds. The molecule has 0 saturated carbocycles. The predicted molar refractivity (Wildman–Crippen MR) is 80.4 cm³/mol. The van der Waals surface area contributed by atoms with Crippen LogP contribution in [0.4, 0.5) is 5.69 Å². The lowest BCUT2D eigenvalue weighted by Gasteiger charge is -2.02. The summed E-state index contributed by atoms with van der Waals surface area (Å²) in [4.78, 5) is 26.5. The molecule has 0 heterocycles. The van der Waals surface area contributed by atoms with E-state index in [1.54, 1.807) is 12.1 Å². The maximum atomic E-state index is 11.8. The van der Waals surface area contributed by atoms with Gasteiger partial charge in [0.05, 0.1) is 10.5 Å². The average Bonchev–Trinajstić information content (AvgIpc) is 2.52. The number of benzene rings is 2. The van der Waals surface area contributed by atoms with E-state index in [0.29, 0.717) is 5.56 Å². The molecule has 7 heteroatoms. The Balaban J connectivity index is 2.08. The van der Waals surface area contributed by atoms with Crippen molar-refractivity contribution in [1.29, 1.82) is 0 Å². The first-order valence-electron chi connectivity index (χ1n) is 6.33. The van der Waals surface area contributed by atoms with Gasteiger partial charge in [0.2, 0.25) is 0 Å². The Kier molecular flexibility index (Phi) is 4.47. The van der Waals surface area contributed by atoms with Gasteiger partial charge in [-0.15, -0.1) is 0 Å². The molecule has 0 spiro atoms. The van der Waals surface area contributed by atoms with Crippen LogP contribution in [0.2, 0.25) is 0 Å². The molecule has 2 rings (SSSR count). The molecule has 0 aliphatic heterocycles. The number of non-ortho nitro benzene ring substituents is 1. The molecule has 22 heavy (non-hydrogen) atoms. The van der Waals surface area contributed by atoms with Crippen LogP contribution >= 0.6 is 0 Å². The predicted octanol–water partition coefficient (Wildman–Crippen LogP) is 2.38. The molecule has 2 N–H and O–H groups in total. The van der Waals surface area contributed by atoms with Gasteiger partial charge < -0.3 is 10.6 Å². The Morgan fingerprint density at radius 1 is 1.18 bits per heavy atom. The van der Waals surface area contributed by atoms with Crippen molar-refractivity contribution in [2.45, 2.75) is 6.92 Å². The van der Waals surface area contributed by atoms with Gasteiger partial charge in [-0.3, -0.25) is 10.1 Å². The maximum absolute atomic E-state index is 11.8. The molecule has 0 unspecified atom stereocenters. The largest absolute Gasteiger partial charge is 0.380 e. The lowest BCUT2D eigenvalue weighted by molar-refractivity contribution is -0.384. The minimum absolute atomic E-state index is 0.0685. The smallest absolute Gasteiger partial charge is 0.365 e. The maximum Gasteiger partial charge on any atom is 0.365 e. The number of oxime groups is 1. The first-order chi connectivity index (χ1) is 10.5. The Labute approximate surface area is 126 Å². The first-order valence-corrected chi connectivity index (χ1v) is 6.33. The van der Waals surface area contributed by atoms with Crippen molar-refractivity contribution in [2.75, 3.05) is 0 Å². The molecule has 0 radical (unpaired) electrons. The van der Waals surface area contributed by atoms with Crippen LogP contribution in [0.15, 0.2) is 53.7 Å². The Morgan fingerprint density at radius 3 is 2.45 bits per heavy atom. The summed E-state index contributed by atoms with van der Waals surface area (Å²) >= 11 is 0. The number of rotatable bonds is 4. The molecule has 0 bridgehead atoms. The number of nitro groups is 1. The molecule has 2 aromatic carbocycles. The molecule has 0 fully saturated rings. The highest BCUT2D eigenvalue weighted by Gasteiger charge is 2.11. The Bertz CT molecular complexity index is 739. The van der Waals surface area contributed by atoms with Crippen LogP contribution in [-0.4, -0.2) is 16.7 Å². The highest BCUT2D eigenvalue weighted by molar-refractivity contribution is 5.98. The lowest BCUT2D eigenvalue weighted by Crippen LogP contribution is -2.15. The minimum atomic E-state index is -0.745. The molecular formula is C15H13N3O4. The summed E-state index contributed by atoms with van der Waals surface area (Å²) in [7, 11) is 0.